The Kier molecular flexibility index (Phi) is 2.10. The summed E-state index contributed by atoms with van der Waals surface area (Å²) in [4.78, 5) is 8.51. The normalized spacial score (nSPS) is 10.6. The minimum Gasteiger partial charge on any atom is -0.278 e. The molecule has 68 valence electrons. The molecule has 0 radical (unpaired) electrons. The number of hydrogen-bond donors (Lipinski definition) is 0. The molecule has 0 unspecified atom stereocenters. The Labute approximate surface area is 80.4 Å². The first kappa shape index (κ1) is 8.37. The zero-order valence-electron chi connectivity index (χ0n) is 7.56. The van der Waals surface area contributed by atoms with Crippen molar-refractivity contribution >= 4 is 11.5 Å². The van der Waals surface area contributed by atoms with Crippen molar-refractivity contribution in [2.75, 3.05) is 0 Å². The maximum absolute atomic E-state index is 4.29. The van der Waals surface area contributed by atoms with E-state index in [1.54, 1.807) is 6.20 Å². The standard InChI is InChI=1S/C8H10N4S/c1-3-7-9-4-5-12(7)8-10-6(2)11-13-8/h4-5H,3H2,1-2H3. The molecule has 0 fully saturated rings. The Morgan fingerprint density at radius 2 is 2.38 bits per heavy atom. The molecule has 2 aromatic heterocycles. The summed E-state index contributed by atoms with van der Waals surface area (Å²) in [5.41, 5.74) is 0. The topological polar surface area (TPSA) is 43.6 Å². The van der Waals surface area contributed by atoms with E-state index in [1.165, 1.54) is 11.5 Å². The maximum Gasteiger partial charge on any atom is 0.214 e. The average Bonchev–Trinajstić information content (AvgIpc) is 2.71. The fourth-order valence-corrected chi connectivity index (χ4v) is 1.84. The molecule has 2 heterocycles. The zero-order valence-corrected chi connectivity index (χ0v) is 8.38. The van der Waals surface area contributed by atoms with Crippen LogP contribution in [0.4, 0.5) is 0 Å². The van der Waals surface area contributed by atoms with E-state index in [0.717, 1.165) is 23.2 Å². The predicted molar refractivity (Wildman–Crippen MR) is 51.1 cm³/mol. The molecule has 0 spiro atoms. The van der Waals surface area contributed by atoms with Crippen LogP contribution in [0.15, 0.2) is 12.4 Å². The molecule has 2 aromatic rings. The molecule has 0 bridgehead atoms. The van der Waals surface area contributed by atoms with Crippen molar-refractivity contribution in [1.29, 1.82) is 0 Å². The number of hydrogen-bond acceptors (Lipinski definition) is 4. The first-order valence-corrected chi connectivity index (χ1v) is 4.91. The summed E-state index contributed by atoms with van der Waals surface area (Å²) in [5.74, 6) is 1.84. The van der Waals surface area contributed by atoms with Crippen molar-refractivity contribution in [2.45, 2.75) is 20.3 Å². The molecule has 0 aromatic carbocycles. The summed E-state index contributed by atoms with van der Waals surface area (Å²) < 4.78 is 6.11. The third-order valence-electron chi connectivity index (χ3n) is 1.76. The number of aryl methyl sites for hydroxylation is 2. The predicted octanol–water partition coefficient (Wildman–Crippen LogP) is 1.59. The van der Waals surface area contributed by atoms with Gasteiger partial charge >= 0.3 is 0 Å². The highest BCUT2D eigenvalue weighted by molar-refractivity contribution is 7.08. The van der Waals surface area contributed by atoms with E-state index < -0.39 is 0 Å². The maximum atomic E-state index is 4.29. The summed E-state index contributed by atoms with van der Waals surface area (Å²) in [6.45, 7) is 3.97. The van der Waals surface area contributed by atoms with Gasteiger partial charge in [-0.25, -0.2) is 9.97 Å². The number of rotatable bonds is 2. The first-order valence-electron chi connectivity index (χ1n) is 4.14. The fourth-order valence-electron chi connectivity index (χ4n) is 1.15. The van der Waals surface area contributed by atoms with E-state index >= 15 is 0 Å². The molecule has 0 amide bonds. The van der Waals surface area contributed by atoms with Gasteiger partial charge in [-0.3, -0.25) is 4.57 Å². The molecule has 13 heavy (non-hydrogen) atoms. The lowest BCUT2D eigenvalue weighted by molar-refractivity contribution is 0.879. The first-order chi connectivity index (χ1) is 6.31. The van der Waals surface area contributed by atoms with Gasteiger partial charge in [0.05, 0.1) is 0 Å². The van der Waals surface area contributed by atoms with Crippen LogP contribution < -0.4 is 0 Å². The van der Waals surface area contributed by atoms with Crippen molar-refractivity contribution in [1.82, 2.24) is 18.9 Å². The Morgan fingerprint density at radius 1 is 1.54 bits per heavy atom. The van der Waals surface area contributed by atoms with Crippen molar-refractivity contribution in [3.63, 3.8) is 0 Å². The van der Waals surface area contributed by atoms with Crippen LogP contribution in [0.1, 0.15) is 18.6 Å². The highest BCUT2D eigenvalue weighted by Gasteiger charge is 2.06. The van der Waals surface area contributed by atoms with Gasteiger partial charge in [-0.15, -0.1) is 0 Å². The van der Waals surface area contributed by atoms with Crippen molar-refractivity contribution < 1.29 is 0 Å². The summed E-state index contributed by atoms with van der Waals surface area (Å²) in [5, 5.41) is 0.895. The van der Waals surface area contributed by atoms with Gasteiger partial charge in [0.2, 0.25) is 5.13 Å². The lowest BCUT2D eigenvalue weighted by Crippen LogP contribution is -1.98. The van der Waals surface area contributed by atoms with Crippen LogP contribution in [-0.4, -0.2) is 18.9 Å². The molecule has 0 aliphatic rings. The second-order valence-corrected chi connectivity index (χ2v) is 3.42. The lowest BCUT2D eigenvalue weighted by Gasteiger charge is -1.98. The Hall–Kier alpha value is -1.23. The largest absolute Gasteiger partial charge is 0.278 e. The number of imidazole rings is 1. The smallest absolute Gasteiger partial charge is 0.214 e. The van der Waals surface area contributed by atoms with Crippen LogP contribution in [-0.2, 0) is 6.42 Å². The van der Waals surface area contributed by atoms with E-state index in [0.29, 0.717) is 0 Å². The molecule has 5 heteroatoms. The monoisotopic (exact) mass is 194 g/mol. The summed E-state index contributed by atoms with van der Waals surface area (Å²) in [6.07, 6.45) is 4.61. The van der Waals surface area contributed by atoms with Crippen molar-refractivity contribution in [3.8, 4) is 5.13 Å². The highest BCUT2D eigenvalue weighted by atomic mass is 32.1. The minimum atomic E-state index is 0.816. The van der Waals surface area contributed by atoms with Crippen LogP contribution in [0.3, 0.4) is 0 Å². The lowest BCUT2D eigenvalue weighted by atomic mass is 10.5. The minimum absolute atomic E-state index is 0.816. The highest BCUT2D eigenvalue weighted by Crippen LogP contribution is 2.12. The van der Waals surface area contributed by atoms with Gasteiger partial charge in [-0.1, -0.05) is 6.92 Å². The molecule has 2 rings (SSSR count). The molecular formula is C8H10N4S. The van der Waals surface area contributed by atoms with E-state index in [4.69, 9.17) is 0 Å². The zero-order chi connectivity index (χ0) is 9.26. The van der Waals surface area contributed by atoms with Crippen LogP contribution in [0.2, 0.25) is 0 Å². The van der Waals surface area contributed by atoms with E-state index in [1.807, 2.05) is 17.7 Å². The van der Waals surface area contributed by atoms with Gasteiger partial charge in [0, 0.05) is 30.3 Å². The molecular weight excluding hydrogens is 184 g/mol. The van der Waals surface area contributed by atoms with Crippen molar-refractivity contribution in [2.24, 2.45) is 0 Å². The van der Waals surface area contributed by atoms with Crippen LogP contribution in [0, 0.1) is 6.92 Å². The molecule has 4 nitrogen and oxygen atoms in total. The molecule has 0 saturated heterocycles. The molecule has 0 saturated carbocycles. The second-order valence-electron chi connectivity index (χ2n) is 2.69. The van der Waals surface area contributed by atoms with Crippen LogP contribution >= 0.6 is 11.5 Å². The third kappa shape index (κ3) is 1.47. The summed E-state index contributed by atoms with van der Waals surface area (Å²) in [7, 11) is 0. The van der Waals surface area contributed by atoms with Gasteiger partial charge in [0.1, 0.15) is 11.6 Å². The number of aromatic nitrogens is 4. The SMILES string of the molecule is CCc1nccn1-c1nc(C)ns1. The molecule has 0 atom stereocenters. The third-order valence-corrected chi connectivity index (χ3v) is 2.56. The van der Waals surface area contributed by atoms with E-state index in [9.17, 15) is 0 Å². The Balaban J connectivity index is 2.45. The van der Waals surface area contributed by atoms with Crippen LogP contribution in [0.25, 0.3) is 5.13 Å². The Bertz CT molecular complexity index is 404. The van der Waals surface area contributed by atoms with Gasteiger partial charge in [-0.05, 0) is 6.92 Å². The molecule has 0 N–H and O–H groups in total. The van der Waals surface area contributed by atoms with E-state index in [-0.39, 0.29) is 0 Å². The fraction of sp³-hybridized carbons (Fsp3) is 0.375. The quantitative estimate of drug-likeness (QED) is 0.729. The Morgan fingerprint density at radius 3 is 3.00 bits per heavy atom. The molecule has 0 aliphatic heterocycles. The van der Waals surface area contributed by atoms with Gasteiger partial charge in [0.15, 0.2) is 0 Å². The van der Waals surface area contributed by atoms with Gasteiger partial charge in [-0.2, -0.15) is 4.37 Å². The van der Waals surface area contributed by atoms with E-state index in [2.05, 4.69) is 21.3 Å². The number of nitrogens with zero attached hydrogens (tertiary/aromatic N) is 4. The van der Waals surface area contributed by atoms with Gasteiger partial charge in [0.25, 0.3) is 0 Å². The average molecular weight is 194 g/mol. The second kappa shape index (κ2) is 3.26. The summed E-state index contributed by atoms with van der Waals surface area (Å²) in [6, 6.07) is 0. The molecule has 0 aliphatic carbocycles. The van der Waals surface area contributed by atoms with Gasteiger partial charge < -0.3 is 0 Å². The summed E-state index contributed by atoms with van der Waals surface area (Å²) >= 11 is 1.40. The van der Waals surface area contributed by atoms with Crippen LogP contribution in [0.5, 0.6) is 0 Å². The van der Waals surface area contributed by atoms with Crippen molar-refractivity contribution in [3.05, 3.63) is 24.0 Å².